The van der Waals surface area contributed by atoms with Crippen molar-refractivity contribution < 1.29 is 0 Å². The molecule has 1 fully saturated rings. The molecule has 5 rings (SSSR count). The summed E-state index contributed by atoms with van der Waals surface area (Å²) in [5, 5.41) is 5.93. The standard InChI is InChI=1S/C20H27N5OS2/c26-20-12-15-14-27-11-4-16(15)22-25(20)10-9-23-5-7-24(8-6-23)13-19-21-17-2-1-3-18(17)28-19/h12H,1-11,13-14H2. The molecule has 8 heteroatoms. The number of aromatic nitrogens is 3. The molecule has 3 aliphatic rings. The van der Waals surface area contributed by atoms with Crippen molar-refractivity contribution in [3.05, 3.63) is 43.3 Å². The molecule has 0 aromatic carbocycles. The summed E-state index contributed by atoms with van der Waals surface area (Å²) < 4.78 is 1.68. The Morgan fingerprint density at radius 3 is 2.71 bits per heavy atom. The predicted octanol–water partition coefficient (Wildman–Crippen LogP) is 1.80. The van der Waals surface area contributed by atoms with E-state index in [1.165, 1.54) is 34.8 Å². The SMILES string of the molecule is O=c1cc2c(nn1CCN1CCN(Cc3nc4c(s3)CCC4)CC1)CCSC2. The van der Waals surface area contributed by atoms with Gasteiger partial charge in [-0.25, -0.2) is 9.67 Å². The summed E-state index contributed by atoms with van der Waals surface area (Å²) in [7, 11) is 0. The van der Waals surface area contributed by atoms with E-state index >= 15 is 0 Å². The first kappa shape index (κ1) is 18.8. The van der Waals surface area contributed by atoms with Gasteiger partial charge >= 0.3 is 0 Å². The van der Waals surface area contributed by atoms with Crippen LogP contribution in [0.25, 0.3) is 0 Å². The van der Waals surface area contributed by atoms with Gasteiger partial charge in [0.05, 0.1) is 24.5 Å². The van der Waals surface area contributed by atoms with E-state index in [4.69, 9.17) is 4.98 Å². The van der Waals surface area contributed by atoms with Crippen LogP contribution >= 0.6 is 23.1 Å². The Kier molecular flexibility index (Phi) is 5.54. The number of thiazole rings is 1. The van der Waals surface area contributed by atoms with E-state index in [2.05, 4.69) is 14.9 Å². The lowest BCUT2D eigenvalue weighted by Gasteiger charge is -2.34. The first-order valence-corrected chi connectivity index (χ1v) is 12.3. The maximum atomic E-state index is 12.3. The van der Waals surface area contributed by atoms with Gasteiger partial charge in [-0.3, -0.25) is 14.6 Å². The second-order valence-electron chi connectivity index (χ2n) is 7.93. The highest BCUT2D eigenvalue weighted by atomic mass is 32.2. The molecule has 0 N–H and O–H groups in total. The molecule has 2 aromatic rings. The number of rotatable bonds is 5. The Morgan fingerprint density at radius 1 is 1.00 bits per heavy atom. The Labute approximate surface area is 173 Å². The highest BCUT2D eigenvalue weighted by molar-refractivity contribution is 7.98. The molecule has 0 amide bonds. The molecule has 0 spiro atoms. The maximum absolute atomic E-state index is 12.3. The Balaban J connectivity index is 1.12. The van der Waals surface area contributed by atoms with Crippen LogP contribution in [-0.2, 0) is 38.1 Å². The molecule has 0 saturated carbocycles. The highest BCUT2D eigenvalue weighted by Gasteiger charge is 2.21. The fourth-order valence-electron chi connectivity index (χ4n) is 4.32. The van der Waals surface area contributed by atoms with Crippen LogP contribution in [0.4, 0.5) is 0 Å². The van der Waals surface area contributed by atoms with Crippen molar-refractivity contribution in [3.8, 4) is 0 Å². The van der Waals surface area contributed by atoms with Crippen LogP contribution in [-0.4, -0.2) is 63.0 Å². The van der Waals surface area contributed by atoms with Gasteiger partial charge in [0, 0.05) is 55.8 Å². The van der Waals surface area contributed by atoms with E-state index in [1.807, 2.05) is 23.1 Å². The second-order valence-corrected chi connectivity index (χ2v) is 10.2. The summed E-state index contributed by atoms with van der Waals surface area (Å²) in [6.07, 6.45) is 4.68. The van der Waals surface area contributed by atoms with Crippen LogP contribution in [0.3, 0.4) is 0 Å². The van der Waals surface area contributed by atoms with E-state index in [0.717, 1.165) is 68.5 Å². The molecule has 0 bridgehead atoms. The lowest BCUT2D eigenvalue weighted by molar-refractivity contribution is 0.122. The number of thioether (sulfide) groups is 1. The fourth-order valence-corrected chi connectivity index (χ4v) is 6.47. The molecule has 0 unspecified atom stereocenters. The zero-order valence-corrected chi connectivity index (χ0v) is 17.9. The van der Waals surface area contributed by atoms with E-state index in [-0.39, 0.29) is 5.56 Å². The van der Waals surface area contributed by atoms with Gasteiger partial charge in [-0.2, -0.15) is 16.9 Å². The molecule has 0 atom stereocenters. The van der Waals surface area contributed by atoms with Gasteiger partial charge in [-0.1, -0.05) is 0 Å². The normalized spacial score (nSPS) is 20.3. The number of piperazine rings is 1. The number of fused-ring (bicyclic) bond motifs is 2. The quantitative estimate of drug-likeness (QED) is 0.739. The Hall–Kier alpha value is -1.22. The van der Waals surface area contributed by atoms with Gasteiger partial charge in [0.2, 0.25) is 0 Å². The van der Waals surface area contributed by atoms with Crippen molar-refractivity contribution in [3.63, 3.8) is 0 Å². The van der Waals surface area contributed by atoms with Crippen LogP contribution < -0.4 is 5.56 Å². The minimum atomic E-state index is 0.0525. The minimum Gasteiger partial charge on any atom is -0.299 e. The third-order valence-corrected chi connectivity index (χ3v) is 8.15. The number of aryl methyl sites for hydroxylation is 3. The van der Waals surface area contributed by atoms with Crippen molar-refractivity contribution in [1.29, 1.82) is 0 Å². The molecule has 150 valence electrons. The van der Waals surface area contributed by atoms with Crippen LogP contribution in [0.15, 0.2) is 10.9 Å². The van der Waals surface area contributed by atoms with Crippen molar-refractivity contribution in [2.24, 2.45) is 0 Å². The average Bonchev–Trinajstić information content (AvgIpc) is 3.29. The molecule has 4 heterocycles. The van der Waals surface area contributed by atoms with Crippen LogP contribution in [0.1, 0.15) is 33.3 Å². The average molecular weight is 418 g/mol. The van der Waals surface area contributed by atoms with Crippen molar-refractivity contribution in [2.75, 3.05) is 38.5 Å². The Bertz CT molecular complexity index is 879. The molecule has 1 aliphatic carbocycles. The van der Waals surface area contributed by atoms with Gasteiger partial charge in [0.1, 0.15) is 5.01 Å². The van der Waals surface area contributed by atoms with E-state index in [0.29, 0.717) is 6.54 Å². The zero-order valence-electron chi connectivity index (χ0n) is 16.2. The summed E-state index contributed by atoms with van der Waals surface area (Å²) in [5.41, 5.74) is 3.68. The van der Waals surface area contributed by atoms with Crippen molar-refractivity contribution in [1.82, 2.24) is 24.6 Å². The van der Waals surface area contributed by atoms with Gasteiger partial charge in [0.15, 0.2) is 0 Å². The molecular weight excluding hydrogens is 390 g/mol. The maximum Gasteiger partial charge on any atom is 0.267 e. The highest BCUT2D eigenvalue weighted by Crippen LogP contribution is 2.28. The second kappa shape index (κ2) is 8.26. The fraction of sp³-hybridized carbons (Fsp3) is 0.650. The lowest BCUT2D eigenvalue weighted by Crippen LogP contribution is -2.47. The molecule has 1 saturated heterocycles. The number of hydrogen-bond donors (Lipinski definition) is 0. The van der Waals surface area contributed by atoms with Gasteiger partial charge in [-0.05, 0) is 30.6 Å². The first-order chi connectivity index (χ1) is 13.7. The van der Waals surface area contributed by atoms with Crippen LogP contribution in [0.5, 0.6) is 0 Å². The number of hydrogen-bond acceptors (Lipinski definition) is 7. The molecule has 2 aliphatic heterocycles. The van der Waals surface area contributed by atoms with E-state index in [9.17, 15) is 4.79 Å². The topological polar surface area (TPSA) is 54.3 Å². The van der Waals surface area contributed by atoms with E-state index < -0.39 is 0 Å². The van der Waals surface area contributed by atoms with Gasteiger partial charge < -0.3 is 0 Å². The summed E-state index contributed by atoms with van der Waals surface area (Å²) >= 11 is 3.81. The third-order valence-electron chi connectivity index (χ3n) is 6.00. The molecule has 6 nitrogen and oxygen atoms in total. The van der Waals surface area contributed by atoms with Gasteiger partial charge in [0.25, 0.3) is 5.56 Å². The summed E-state index contributed by atoms with van der Waals surface area (Å²) in [4.78, 5) is 23.7. The predicted molar refractivity (Wildman–Crippen MR) is 114 cm³/mol. The minimum absolute atomic E-state index is 0.0525. The molecule has 2 aromatic heterocycles. The summed E-state index contributed by atoms with van der Waals surface area (Å²) in [6, 6.07) is 1.80. The van der Waals surface area contributed by atoms with Crippen LogP contribution in [0.2, 0.25) is 0 Å². The summed E-state index contributed by atoms with van der Waals surface area (Å²) in [5.74, 6) is 2.05. The lowest BCUT2D eigenvalue weighted by atomic mass is 10.2. The molecule has 28 heavy (non-hydrogen) atoms. The van der Waals surface area contributed by atoms with Crippen molar-refractivity contribution in [2.45, 2.75) is 44.5 Å². The first-order valence-electron chi connectivity index (χ1n) is 10.3. The zero-order chi connectivity index (χ0) is 18.9. The van der Waals surface area contributed by atoms with E-state index in [1.54, 1.807) is 10.7 Å². The van der Waals surface area contributed by atoms with Crippen molar-refractivity contribution >= 4 is 23.1 Å². The third kappa shape index (κ3) is 4.06. The molecular formula is C20H27N5OS2. The van der Waals surface area contributed by atoms with Gasteiger partial charge in [-0.15, -0.1) is 11.3 Å². The largest absolute Gasteiger partial charge is 0.299 e. The number of nitrogens with zero attached hydrogens (tertiary/aromatic N) is 5. The molecule has 0 radical (unpaired) electrons. The Morgan fingerprint density at radius 2 is 1.86 bits per heavy atom. The van der Waals surface area contributed by atoms with Crippen LogP contribution in [0, 0.1) is 0 Å². The monoisotopic (exact) mass is 417 g/mol. The summed E-state index contributed by atoms with van der Waals surface area (Å²) in [6.45, 7) is 6.86. The smallest absolute Gasteiger partial charge is 0.267 e.